The highest BCUT2D eigenvalue weighted by Gasteiger charge is 2.53. The molecule has 204 valence electrons. The highest BCUT2D eigenvalue weighted by Crippen LogP contribution is 2.38. The third-order valence-electron chi connectivity index (χ3n) is 5.76. The maximum absolute atomic E-state index is 14.3. The number of nitrogens with zero attached hydrogens (tertiary/aromatic N) is 2. The third kappa shape index (κ3) is 6.08. The molecule has 1 aliphatic rings. The Morgan fingerprint density at radius 2 is 1.87 bits per heavy atom. The number of thiophene rings is 1. The molecule has 2 aromatic heterocycles. The molecule has 7 nitrogen and oxygen atoms in total. The Hall–Kier alpha value is -2.81. The molecular formula is C23H20ClF5N4O3S2. The van der Waals surface area contributed by atoms with E-state index >= 15 is 0 Å². The molecule has 4 rings (SSSR count). The van der Waals surface area contributed by atoms with Gasteiger partial charge in [0.2, 0.25) is 5.91 Å². The molecule has 0 spiro atoms. The molecule has 3 aromatic rings. The molecule has 38 heavy (non-hydrogen) atoms. The summed E-state index contributed by atoms with van der Waals surface area (Å²) < 4.78 is 93.5. The average Bonchev–Trinajstić information content (AvgIpc) is 3.45. The van der Waals surface area contributed by atoms with E-state index in [1.165, 1.54) is 30.3 Å². The summed E-state index contributed by atoms with van der Waals surface area (Å²) in [7, 11) is -2.84. The first-order valence-corrected chi connectivity index (χ1v) is 13.6. The molecule has 0 bridgehead atoms. The zero-order valence-electron chi connectivity index (χ0n) is 19.5. The fraction of sp³-hybridized carbons (Fsp3) is 0.304. The Bertz CT molecular complexity index is 1450. The molecule has 0 radical (unpaired) electrons. The Kier molecular flexibility index (Phi) is 7.72. The second-order valence-corrected chi connectivity index (χ2v) is 12.3. The number of sulfonamides is 1. The largest absolute Gasteiger partial charge is 0.416 e. The molecule has 1 aromatic carbocycles. The maximum atomic E-state index is 14.3. The van der Waals surface area contributed by atoms with Gasteiger partial charge in [-0.05, 0) is 42.0 Å². The molecule has 1 unspecified atom stereocenters. The Balaban J connectivity index is 1.54. The number of carbonyl (C=O) groups excluding carboxylic acids is 1. The number of halogens is 6. The maximum Gasteiger partial charge on any atom is 0.416 e. The normalized spacial score (nSPS) is 17.9. The van der Waals surface area contributed by atoms with Crippen LogP contribution in [0.15, 0.2) is 52.7 Å². The van der Waals surface area contributed by atoms with Gasteiger partial charge in [0, 0.05) is 25.6 Å². The minimum absolute atomic E-state index is 0.150. The van der Waals surface area contributed by atoms with Crippen LogP contribution < -0.4 is 10.6 Å². The SMILES string of the molecule is CNc1cc(CNC(=O)C2CC(F)(F)CN2S(=O)(=O)c2ccc(Cl)s2)cc(-c2ccc(C(F)(F)F)cc2)n1. The zero-order valence-corrected chi connectivity index (χ0v) is 21.9. The number of amides is 1. The van der Waals surface area contributed by atoms with Gasteiger partial charge in [-0.3, -0.25) is 4.79 Å². The number of rotatable bonds is 7. The lowest BCUT2D eigenvalue weighted by atomic mass is 10.1. The summed E-state index contributed by atoms with van der Waals surface area (Å²) >= 11 is 6.50. The molecule has 1 aliphatic heterocycles. The average molecular weight is 595 g/mol. The number of alkyl halides is 5. The fourth-order valence-corrected chi connectivity index (χ4v) is 7.14. The molecular weight excluding hydrogens is 575 g/mol. The lowest BCUT2D eigenvalue weighted by Gasteiger charge is -2.22. The number of hydrogen-bond acceptors (Lipinski definition) is 6. The van der Waals surface area contributed by atoms with Crippen molar-refractivity contribution in [2.75, 3.05) is 18.9 Å². The Morgan fingerprint density at radius 1 is 1.18 bits per heavy atom. The van der Waals surface area contributed by atoms with Crippen LogP contribution >= 0.6 is 22.9 Å². The summed E-state index contributed by atoms with van der Waals surface area (Å²) in [5.41, 5.74) is 0.319. The molecule has 1 fully saturated rings. The summed E-state index contributed by atoms with van der Waals surface area (Å²) in [6.07, 6.45) is -5.49. The second-order valence-electron chi connectivity index (χ2n) is 8.47. The Morgan fingerprint density at radius 3 is 2.45 bits per heavy atom. The zero-order chi connectivity index (χ0) is 27.9. The van der Waals surface area contributed by atoms with Crippen LogP contribution in [0, 0.1) is 0 Å². The summed E-state index contributed by atoms with van der Waals surface area (Å²) in [6, 6.07) is 8.28. The van der Waals surface area contributed by atoms with Crippen LogP contribution in [0.3, 0.4) is 0 Å². The van der Waals surface area contributed by atoms with Crippen molar-refractivity contribution in [2.24, 2.45) is 0 Å². The van der Waals surface area contributed by atoms with Crippen LogP contribution in [0.25, 0.3) is 11.3 Å². The van der Waals surface area contributed by atoms with Crippen LogP contribution in [-0.4, -0.2) is 49.2 Å². The van der Waals surface area contributed by atoms with Gasteiger partial charge in [-0.2, -0.15) is 17.5 Å². The quantitative estimate of drug-likeness (QED) is 0.365. The van der Waals surface area contributed by atoms with Gasteiger partial charge in [0.1, 0.15) is 16.1 Å². The first kappa shape index (κ1) is 28.2. The van der Waals surface area contributed by atoms with Crippen molar-refractivity contribution in [1.29, 1.82) is 0 Å². The van der Waals surface area contributed by atoms with Gasteiger partial charge < -0.3 is 10.6 Å². The number of hydrogen-bond donors (Lipinski definition) is 2. The van der Waals surface area contributed by atoms with Crippen molar-refractivity contribution in [3.05, 3.63) is 64.0 Å². The highest BCUT2D eigenvalue weighted by atomic mass is 35.5. The van der Waals surface area contributed by atoms with E-state index in [4.69, 9.17) is 11.6 Å². The summed E-state index contributed by atoms with van der Waals surface area (Å²) in [5.74, 6) is -3.99. The standard InChI is InChI=1S/C23H20ClF5N4O3S2/c1-30-19-9-13(8-16(32-19)14-2-4-15(5-3-14)23(27,28)29)11-31-21(34)17-10-22(25,26)12-33(17)38(35,36)20-7-6-18(24)37-20/h2-9,17H,10-12H2,1H3,(H,30,32)(H,31,34). The van der Waals surface area contributed by atoms with Gasteiger partial charge in [0.15, 0.2) is 0 Å². The number of benzene rings is 1. The smallest absolute Gasteiger partial charge is 0.373 e. The van der Waals surface area contributed by atoms with E-state index in [0.717, 1.165) is 12.1 Å². The van der Waals surface area contributed by atoms with E-state index < -0.39 is 52.6 Å². The van der Waals surface area contributed by atoms with E-state index in [1.807, 2.05) is 0 Å². The van der Waals surface area contributed by atoms with Gasteiger partial charge in [0.05, 0.1) is 22.1 Å². The molecule has 1 atom stereocenters. The monoisotopic (exact) mass is 594 g/mol. The minimum Gasteiger partial charge on any atom is -0.373 e. The summed E-state index contributed by atoms with van der Waals surface area (Å²) in [6.45, 7) is -1.33. The topological polar surface area (TPSA) is 91.4 Å². The predicted molar refractivity (Wildman–Crippen MR) is 133 cm³/mol. The van der Waals surface area contributed by atoms with Crippen molar-refractivity contribution in [3.8, 4) is 11.3 Å². The van der Waals surface area contributed by atoms with Crippen molar-refractivity contribution in [3.63, 3.8) is 0 Å². The fourth-order valence-electron chi connectivity index (χ4n) is 3.92. The van der Waals surface area contributed by atoms with Gasteiger partial charge >= 0.3 is 6.18 Å². The number of aromatic nitrogens is 1. The summed E-state index contributed by atoms with van der Waals surface area (Å²) in [4.78, 5) is 17.2. The number of anilines is 1. The van der Waals surface area contributed by atoms with Crippen molar-refractivity contribution in [2.45, 2.75) is 35.3 Å². The number of pyridine rings is 1. The number of carbonyl (C=O) groups is 1. The van der Waals surface area contributed by atoms with Crippen LogP contribution in [0.2, 0.25) is 4.34 Å². The van der Waals surface area contributed by atoms with Crippen LogP contribution in [0.5, 0.6) is 0 Å². The Labute approximate surface area is 223 Å². The lowest BCUT2D eigenvalue weighted by Crippen LogP contribution is -2.45. The van der Waals surface area contributed by atoms with Gasteiger partial charge in [0.25, 0.3) is 15.9 Å². The molecule has 3 heterocycles. The van der Waals surface area contributed by atoms with Crippen molar-refractivity contribution < 1.29 is 35.2 Å². The predicted octanol–water partition coefficient (Wildman–Crippen LogP) is 5.24. The van der Waals surface area contributed by atoms with Crippen molar-refractivity contribution >= 4 is 44.7 Å². The van der Waals surface area contributed by atoms with Gasteiger partial charge in [-0.15, -0.1) is 11.3 Å². The van der Waals surface area contributed by atoms with Gasteiger partial charge in [-0.25, -0.2) is 22.2 Å². The van der Waals surface area contributed by atoms with Crippen molar-refractivity contribution in [1.82, 2.24) is 14.6 Å². The molecule has 1 saturated heterocycles. The molecule has 1 amide bonds. The van der Waals surface area contributed by atoms with E-state index in [1.54, 1.807) is 13.1 Å². The minimum atomic E-state index is -4.50. The van der Waals surface area contributed by atoms with Crippen LogP contribution in [0.1, 0.15) is 17.5 Å². The highest BCUT2D eigenvalue weighted by molar-refractivity contribution is 7.91. The van der Waals surface area contributed by atoms with Gasteiger partial charge in [-0.1, -0.05) is 23.7 Å². The third-order valence-corrected chi connectivity index (χ3v) is 9.31. The van der Waals surface area contributed by atoms with Crippen LogP contribution in [0.4, 0.5) is 27.8 Å². The first-order chi connectivity index (χ1) is 17.7. The lowest BCUT2D eigenvalue weighted by molar-refractivity contribution is -0.137. The number of nitrogens with one attached hydrogen (secondary N) is 2. The molecule has 0 aliphatic carbocycles. The van der Waals surface area contributed by atoms with E-state index in [2.05, 4.69) is 15.6 Å². The van der Waals surface area contributed by atoms with Crippen LogP contribution in [-0.2, 0) is 27.5 Å². The molecule has 15 heteroatoms. The first-order valence-electron chi connectivity index (χ1n) is 11.0. The van der Waals surface area contributed by atoms with E-state index in [-0.39, 0.29) is 15.1 Å². The molecule has 0 saturated carbocycles. The second kappa shape index (κ2) is 10.4. The summed E-state index contributed by atoms with van der Waals surface area (Å²) in [5, 5.41) is 5.30. The van der Waals surface area contributed by atoms with E-state index in [0.29, 0.717) is 38.3 Å². The molecule has 2 N–H and O–H groups in total. The van der Waals surface area contributed by atoms with E-state index in [9.17, 15) is 35.2 Å².